The van der Waals surface area contributed by atoms with Crippen molar-refractivity contribution in [3.05, 3.63) is 18.5 Å². The van der Waals surface area contributed by atoms with E-state index in [1.807, 2.05) is 0 Å². The van der Waals surface area contributed by atoms with Gasteiger partial charge in [0.25, 0.3) is 0 Å². The van der Waals surface area contributed by atoms with Crippen LogP contribution in [0.5, 0.6) is 0 Å². The highest BCUT2D eigenvalue weighted by Gasteiger charge is 2.42. The molecule has 1 aliphatic rings. The van der Waals surface area contributed by atoms with E-state index >= 15 is 0 Å². The maximum atomic E-state index is 11.7. The van der Waals surface area contributed by atoms with Gasteiger partial charge in [-0.25, -0.2) is 13.1 Å². The van der Waals surface area contributed by atoms with E-state index in [2.05, 4.69) is 9.71 Å². The summed E-state index contributed by atoms with van der Waals surface area (Å²) in [5.74, 6) is 0. The largest absolute Gasteiger partial charge is 0.396 e. The van der Waals surface area contributed by atoms with Gasteiger partial charge in [0.05, 0.1) is 4.90 Å². The number of nitrogens with one attached hydrogen (secondary N) is 2. The molecule has 1 saturated carbocycles. The first-order chi connectivity index (χ1) is 7.08. The van der Waals surface area contributed by atoms with Crippen LogP contribution in [-0.2, 0) is 10.0 Å². The first kappa shape index (κ1) is 10.7. The fraction of sp³-hybridized carbons (Fsp3) is 0.556. The Labute approximate surface area is 88.6 Å². The standard InChI is InChI=1S/C9H14N2O3S/c12-7-9(2-3-9)6-11-15(13,14)8-1-4-10-5-8/h1,4-5,10-12H,2-3,6-7H2. The van der Waals surface area contributed by atoms with Crippen LogP contribution in [0.1, 0.15) is 12.8 Å². The van der Waals surface area contributed by atoms with E-state index in [1.165, 1.54) is 12.3 Å². The van der Waals surface area contributed by atoms with Crippen molar-refractivity contribution in [2.24, 2.45) is 5.41 Å². The highest BCUT2D eigenvalue weighted by Crippen LogP contribution is 2.44. The van der Waals surface area contributed by atoms with Crippen LogP contribution in [0, 0.1) is 5.41 Å². The molecule has 1 aromatic heterocycles. The molecule has 0 aromatic carbocycles. The van der Waals surface area contributed by atoms with E-state index in [0.717, 1.165) is 12.8 Å². The zero-order valence-corrected chi connectivity index (χ0v) is 9.05. The second-order valence-electron chi connectivity index (χ2n) is 4.03. The first-order valence-electron chi connectivity index (χ1n) is 4.81. The second-order valence-corrected chi connectivity index (χ2v) is 5.80. The summed E-state index contributed by atoms with van der Waals surface area (Å²) in [4.78, 5) is 2.93. The Morgan fingerprint density at radius 3 is 2.73 bits per heavy atom. The molecule has 1 heterocycles. The van der Waals surface area contributed by atoms with Crippen LogP contribution >= 0.6 is 0 Å². The van der Waals surface area contributed by atoms with E-state index in [1.54, 1.807) is 6.20 Å². The summed E-state index contributed by atoms with van der Waals surface area (Å²) in [5.41, 5.74) is -0.205. The lowest BCUT2D eigenvalue weighted by molar-refractivity contribution is 0.213. The van der Waals surface area contributed by atoms with Crippen molar-refractivity contribution in [1.82, 2.24) is 9.71 Å². The summed E-state index contributed by atoms with van der Waals surface area (Å²) in [6.07, 6.45) is 4.77. The van der Waals surface area contributed by atoms with Gasteiger partial charge in [-0.15, -0.1) is 0 Å². The van der Waals surface area contributed by atoms with Gasteiger partial charge in [0.1, 0.15) is 0 Å². The van der Waals surface area contributed by atoms with Crippen molar-refractivity contribution in [3.8, 4) is 0 Å². The van der Waals surface area contributed by atoms with Crippen LogP contribution in [0.2, 0.25) is 0 Å². The third-order valence-corrected chi connectivity index (χ3v) is 4.21. The molecular formula is C9H14N2O3S. The minimum atomic E-state index is -3.41. The topological polar surface area (TPSA) is 82.2 Å². The Morgan fingerprint density at radius 1 is 1.53 bits per heavy atom. The molecule has 6 heteroatoms. The van der Waals surface area contributed by atoms with Crippen LogP contribution in [0.25, 0.3) is 0 Å². The fourth-order valence-electron chi connectivity index (χ4n) is 1.37. The fourth-order valence-corrected chi connectivity index (χ4v) is 2.51. The molecule has 0 atom stereocenters. The molecule has 0 amide bonds. The van der Waals surface area contributed by atoms with E-state index in [9.17, 15) is 8.42 Å². The molecule has 5 nitrogen and oxygen atoms in total. The smallest absolute Gasteiger partial charge is 0.242 e. The minimum absolute atomic E-state index is 0.0443. The van der Waals surface area contributed by atoms with E-state index in [0.29, 0.717) is 6.54 Å². The zero-order chi connectivity index (χ0) is 10.9. The van der Waals surface area contributed by atoms with Crippen LogP contribution in [-0.4, -0.2) is 31.7 Å². The van der Waals surface area contributed by atoms with Crippen molar-refractivity contribution in [1.29, 1.82) is 0 Å². The zero-order valence-electron chi connectivity index (χ0n) is 8.23. The second kappa shape index (κ2) is 3.62. The van der Waals surface area contributed by atoms with Gasteiger partial charge in [-0.3, -0.25) is 0 Å². The molecule has 84 valence electrons. The lowest BCUT2D eigenvalue weighted by Crippen LogP contribution is -2.31. The lowest BCUT2D eigenvalue weighted by atomic mass is 10.1. The summed E-state index contributed by atoms with van der Waals surface area (Å²) >= 11 is 0. The number of aliphatic hydroxyl groups is 1. The van der Waals surface area contributed by atoms with Gasteiger partial charge in [0.2, 0.25) is 10.0 Å². The van der Waals surface area contributed by atoms with Crippen molar-refractivity contribution in [3.63, 3.8) is 0 Å². The van der Waals surface area contributed by atoms with Gasteiger partial charge >= 0.3 is 0 Å². The molecule has 0 bridgehead atoms. The molecule has 3 N–H and O–H groups in total. The predicted molar refractivity (Wildman–Crippen MR) is 54.7 cm³/mol. The Hall–Kier alpha value is -0.850. The average Bonchev–Trinajstić information content (AvgIpc) is 2.77. The molecule has 0 spiro atoms. The maximum absolute atomic E-state index is 11.7. The molecule has 1 aromatic rings. The Kier molecular flexibility index (Phi) is 2.57. The highest BCUT2D eigenvalue weighted by molar-refractivity contribution is 7.89. The van der Waals surface area contributed by atoms with E-state index in [4.69, 9.17) is 5.11 Å². The third kappa shape index (κ3) is 2.22. The summed E-state index contributed by atoms with van der Waals surface area (Å²) in [7, 11) is -3.41. The quantitative estimate of drug-likeness (QED) is 0.669. The van der Waals surface area contributed by atoms with Crippen LogP contribution < -0.4 is 4.72 Å². The van der Waals surface area contributed by atoms with Crippen LogP contribution in [0.3, 0.4) is 0 Å². The molecule has 1 fully saturated rings. The van der Waals surface area contributed by atoms with Gasteiger partial charge in [0.15, 0.2) is 0 Å². The predicted octanol–water partition coefficient (Wildman–Crippen LogP) is 0.0655. The summed E-state index contributed by atoms with van der Waals surface area (Å²) in [5, 5.41) is 9.04. The number of hydrogen-bond acceptors (Lipinski definition) is 3. The highest BCUT2D eigenvalue weighted by atomic mass is 32.2. The number of H-pyrrole nitrogens is 1. The Balaban J connectivity index is 2.00. The van der Waals surface area contributed by atoms with Crippen molar-refractivity contribution < 1.29 is 13.5 Å². The van der Waals surface area contributed by atoms with Crippen LogP contribution in [0.15, 0.2) is 23.4 Å². The SMILES string of the molecule is O=S(=O)(NCC1(CO)CC1)c1cc[nH]c1. The summed E-state index contributed by atoms with van der Waals surface area (Å²) in [6.45, 7) is 0.361. The summed E-state index contributed by atoms with van der Waals surface area (Å²) < 4.78 is 25.8. The molecular weight excluding hydrogens is 216 g/mol. The van der Waals surface area contributed by atoms with E-state index < -0.39 is 10.0 Å². The number of aromatic amines is 1. The number of aromatic nitrogens is 1. The van der Waals surface area contributed by atoms with E-state index in [-0.39, 0.29) is 16.9 Å². The van der Waals surface area contributed by atoms with Gasteiger partial charge in [-0.2, -0.15) is 0 Å². The van der Waals surface area contributed by atoms with Gasteiger partial charge in [-0.1, -0.05) is 0 Å². The monoisotopic (exact) mass is 230 g/mol. The Bertz CT molecular complexity index is 420. The van der Waals surface area contributed by atoms with Gasteiger partial charge < -0.3 is 10.1 Å². The number of sulfonamides is 1. The van der Waals surface area contributed by atoms with Gasteiger partial charge in [-0.05, 0) is 18.9 Å². The normalized spacial score (nSPS) is 19.0. The number of rotatable bonds is 5. The van der Waals surface area contributed by atoms with Gasteiger partial charge in [0, 0.05) is 31.0 Å². The molecule has 1 aliphatic carbocycles. The van der Waals surface area contributed by atoms with Crippen molar-refractivity contribution in [2.75, 3.05) is 13.2 Å². The Morgan fingerprint density at radius 2 is 2.27 bits per heavy atom. The van der Waals surface area contributed by atoms with Crippen LogP contribution in [0.4, 0.5) is 0 Å². The minimum Gasteiger partial charge on any atom is -0.396 e. The first-order valence-corrected chi connectivity index (χ1v) is 6.30. The number of aliphatic hydroxyl groups excluding tert-OH is 1. The molecule has 0 unspecified atom stereocenters. The summed E-state index contributed by atoms with van der Waals surface area (Å²) in [6, 6.07) is 1.50. The molecule has 2 rings (SSSR count). The van der Waals surface area contributed by atoms with Crippen molar-refractivity contribution in [2.45, 2.75) is 17.7 Å². The molecule has 0 saturated heterocycles. The maximum Gasteiger partial charge on any atom is 0.242 e. The van der Waals surface area contributed by atoms with Crippen molar-refractivity contribution >= 4 is 10.0 Å². The molecule has 0 aliphatic heterocycles. The lowest BCUT2D eigenvalue weighted by Gasteiger charge is -2.12. The molecule has 15 heavy (non-hydrogen) atoms. The third-order valence-electron chi connectivity index (χ3n) is 2.81. The average molecular weight is 230 g/mol. The number of hydrogen-bond donors (Lipinski definition) is 3. The molecule has 0 radical (unpaired) electrons.